The first-order chi connectivity index (χ1) is 7.02. The van der Waals surface area contributed by atoms with E-state index in [1.807, 2.05) is 18.0 Å². The summed E-state index contributed by atoms with van der Waals surface area (Å²) in [4.78, 5) is 12.9. The molecule has 3 heteroatoms. The number of hydrogen-bond acceptors (Lipinski definition) is 2. The number of fused-ring (bicyclic) bond motifs is 1. The molecule has 1 aromatic carbocycles. The Morgan fingerprint density at radius 2 is 2.13 bits per heavy atom. The molecular formula is C12H15NO2. The second-order valence-corrected chi connectivity index (χ2v) is 4.18. The van der Waals surface area contributed by atoms with Crippen molar-refractivity contribution in [2.75, 3.05) is 11.9 Å². The van der Waals surface area contributed by atoms with Crippen molar-refractivity contribution in [3.8, 4) is 0 Å². The lowest BCUT2D eigenvalue weighted by Crippen LogP contribution is -2.35. The van der Waals surface area contributed by atoms with Crippen molar-refractivity contribution < 1.29 is 9.90 Å². The molecule has 15 heavy (non-hydrogen) atoms. The quantitative estimate of drug-likeness (QED) is 0.759. The van der Waals surface area contributed by atoms with E-state index in [1.165, 1.54) is 11.1 Å². The Labute approximate surface area is 89.3 Å². The summed E-state index contributed by atoms with van der Waals surface area (Å²) in [5, 5.41) is 9.07. The van der Waals surface area contributed by atoms with Gasteiger partial charge in [-0.1, -0.05) is 12.1 Å². The average Bonchev–Trinajstić information content (AvgIpc) is 2.50. The van der Waals surface area contributed by atoms with Crippen LogP contribution >= 0.6 is 0 Å². The third-order valence-electron chi connectivity index (χ3n) is 3.30. The normalized spacial score (nSPS) is 19.1. The van der Waals surface area contributed by atoms with Gasteiger partial charge < -0.3 is 10.0 Å². The van der Waals surface area contributed by atoms with Crippen molar-refractivity contribution in [3.63, 3.8) is 0 Å². The van der Waals surface area contributed by atoms with Gasteiger partial charge in [0.25, 0.3) is 0 Å². The number of aliphatic carboxylic acids is 1. The van der Waals surface area contributed by atoms with Crippen LogP contribution < -0.4 is 4.90 Å². The number of benzene rings is 1. The van der Waals surface area contributed by atoms with Crippen molar-refractivity contribution in [1.82, 2.24) is 0 Å². The number of rotatable bonds is 1. The van der Waals surface area contributed by atoms with Crippen LogP contribution in [-0.4, -0.2) is 24.2 Å². The molecule has 0 saturated heterocycles. The molecule has 1 aliphatic rings. The van der Waals surface area contributed by atoms with E-state index in [9.17, 15) is 4.79 Å². The van der Waals surface area contributed by atoms with Gasteiger partial charge >= 0.3 is 5.97 Å². The zero-order valence-corrected chi connectivity index (χ0v) is 9.24. The smallest absolute Gasteiger partial charge is 0.326 e. The van der Waals surface area contributed by atoms with Gasteiger partial charge in [0.05, 0.1) is 0 Å². The van der Waals surface area contributed by atoms with Gasteiger partial charge in [0, 0.05) is 19.2 Å². The van der Waals surface area contributed by atoms with Gasteiger partial charge in [0.1, 0.15) is 6.04 Å². The van der Waals surface area contributed by atoms with Crippen LogP contribution in [0.2, 0.25) is 0 Å². The highest BCUT2D eigenvalue weighted by Gasteiger charge is 2.32. The van der Waals surface area contributed by atoms with Gasteiger partial charge in [-0.3, -0.25) is 0 Å². The van der Waals surface area contributed by atoms with Gasteiger partial charge in [0.2, 0.25) is 0 Å². The number of carboxylic acid groups (broad SMARTS) is 1. The molecule has 1 heterocycles. The monoisotopic (exact) mass is 205 g/mol. The standard InChI is InChI=1S/C12H15NO2/c1-7-4-5-9-6-10(12(14)15)13(3)11(9)8(7)2/h4-5,10H,6H2,1-3H3,(H,14,15). The SMILES string of the molecule is Cc1ccc2c(c1C)N(C)C(C(=O)O)C2. The van der Waals surface area contributed by atoms with Crippen LogP contribution in [0, 0.1) is 13.8 Å². The van der Waals surface area contributed by atoms with Gasteiger partial charge in [-0.05, 0) is 30.5 Å². The highest BCUT2D eigenvalue weighted by molar-refractivity contribution is 5.83. The summed E-state index contributed by atoms with van der Waals surface area (Å²) in [5.41, 5.74) is 4.65. The molecule has 0 amide bonds. The maximum absolute atomic E-state index is 11.0. The molecule has 1 aliphatic heterocycles. The summed E-state index contributed by atoms with van der Waals surface area (Å²) >= 11 is 0. The number of anilines is 1. The second kappa shape index (κ2) is 3.26. The van der Waals surface area contributed by atoms with Gasteiger partial charge in [0.15, 0.2) is 0 Å². The Balaban J connectivity index is 2.51. The Bertz CT molecular complexity index is 426. The molecule has 3 nitrogen and oxygen atoms in total. The van der Waals surface area contributed by atoms with Crippen molar-refractivity contribution in [2.45, 2.75) is 26.3 Å². The van der Waals surface area contributed by atoms with Gasteiger partial charge in [-0.2, -0.15) is 0 Å². The molecule has 0 spiro atoms. The summed E-state index contributed by atoms with van der Waals surface area (Å²) in [6, 6.07) is 3.70. The Morgan fingerprint density at radius 1 is 1.47 bits per heavy atom. The van der Waals surface area contributed by atoms with E-state index in [1.54, 1.807) is 0 Å². The Kier molecular flexibility index (Phi) is 2.18. The molecule has 80 valence electrons. The van der Waals surface area contributed by atoms with Crippen molar-refractivity contribution in [3.05, 3.63) is 28.8 Å². The minimum absolute atomic E-state index is 0.402. The number of hydrogen-bond donors (Lipinski definition) is 1. The van der Waals surface area contributed by atoms with Crippen LogP contribution in [-0.2, 0) is 11.2 Å². The molecule has 0 fully saturated rings. The number of likely N-dealkylation sites (N-methyl/N-ethyl adjacent to an activating group) is 1. The fourth-order valence-electron chi connectivity index (χ4n) is 2.27. The van der Waals surface area contributed by atoms with E-state index < -0.39 is 12.0 Å². The lowest BCUT2D eigenvalue weighted by atomic mass is 10.0. The average molecular weight is 205 g/mol. The molecule has 1 atom stereocenters. The first-order valence-corrected chi connectivity index (χ1v) is 5.07. The number of carboxylic acids is 1. The minimum atomic E-state index is -0.745. The minimum Gasteiger partial charge on any atom is -0.480 e. The lowest BCUT2D eigenvalue weighted by Gasteiger charge is -2.21. The van der Waals surface area contributed by atoms with E-state index in [0.717, 1.165) is 11.3 Å². The summed E-state index contributed by atoms with van der Waals surface area (Å²) in [6.45, 7) is 4.10. The van der Waals surface area contributed by atoms with Crippen molar-refractivity contribution >= 4 is 11.7 Å². The molecule has 0 aromatic heterocycles. The molecule has 2 rings (SSSR count). The first kappa shape index (κ1) is 10.0. The lowest BCUT2D eigenvalue weighted by molar-refractivity contribution is -0.138. The first-order valence-electron chi connectivity index (χ1n) is 5.07. The molecule has 0 aliphatic carbocycles. The maximum atomic E-state index is 11.0. The molecule has 0 saturated carbocycles. The second-order valence-electron chi connectivity index (χ2n) is 4.18. The van der Waals surface area contributed by atoms with Crippen LogP contribution in [0.25, 0.3) is 0 Å². The fraction of sp³-hybridized carbons (Fsp3) is 0.417. The summed E-state index contributed by atoms with van der Waals surface area (Å²) in [7, 11) is 1.86. The predicted molar refractivity (Wildman–Crippen MR) is 59.4 cm³/mol. The summed E-state index contributed by atoms with van der Waals surface area (Å²) in [6.07, 6.45) is 0.613. The van der Waals surface area contributed by atoms with Crippen LogP contribution in [0.4, 0.5) is 5.69 Å². The Hall–Kier alpha value is -1.51. The van der Waals surface area contributed by atoms with Crippen LogP contribution in [0.3, 0.4) is 0 Å². The van der Waals surface area contributed by atoms with E-state index in [4.69, 9.17) is 5.11 Å². The number of nitrogens with zero attached hydrogens (tertiary/aromatic N) is 1. The maximum Gasteiger partial charge on any atom is 0.326 e. The zero-order valence-electron chi connectivity index (χ0n) is 9.24. The summed E-state index contributed by atoms with van der Waals surface area (Å²) < 4.78 is 0. The predicted octanol–water partition coefficient (Wildman–Crippen LogP) is 1.75. The van der Waals surface area contributed by atoms with E-state index >= 15 is 0 Å². The van der Waals surface area contributed by atoms with Crippen molar-refractivity contribution in [1.29, 1.82) is 0 Å². The third kappa shape index (κ3) is 1.39. The number of aryl methyl sites for hydroxylation is 1. The molecule has 1 N–H and O–H groups in total. The topological polar surface area (TPSA) is 40.5 Å². The highest BCUT2D eigenvalue weighted by Crippen LogP contribution is 2.35. The highest BCUT2D eigenvalue weighted by atomic mass is 16.4. The Morgan fingerprint density at radius 3 is 2.73 bits per heavy atom. The zero-order chi connectivity index (χ0) is 11.2. The largest absolute Gasteiger partial charge is 0.480 e. The molecule has 1 aromatic rings. The van der Waals surface area contributed by atoms with Gasteiger partial charge in [-0.25, -0.2) is 4.79 Å². The van der Waals surface area contributed by atoms with E-state index in [2.05, 4.69) is 19.9 Å². The number of carbonyl (C=O) groups is 1. The third-order valence-corrected chi connectivity index (χ3v) is 3.30. The van der Waals surface area contributed by atoms with E-state index in [-0.39, 0.29) is 0 Å². The van der Waals surface area contributed by atoms with Crippen LogP contribution in [0.5, 0.6) is 0 Å². The van der Waals surface area contributed by atoms with Crippen molar-refractivity contribution in [2.24, 2.45) is 0 Å². The van der Waals surface area contributed by atoms with Gasteiger partial charge in [-0.15, -0.1) is 0 Å². The van der Waals surface area contributed by atoms with Crippen LogP contribution in [0.15, 0.2) is 12.1 Å². The van der Waals surface area contributed by atoms with Crippen LogP contribution in [0.1, 0.15) is 16.7 Å². The summed E-state index contributed by atoms with van der Waals surface area (Å²) in [5.74, 6) is -0.745. The molecular weight excluding hydrogens is 190 g/mol. The fourth-order valence-corrected chi connectivity index (χ4v) is 2.27. The van der Waals surface area contributed by atoms with E-state index in [0.29, 0.717) is 6.42 Å². The molecule has 1 unspecified atom stereocenters. The molecule has 0 radical (unpaired) electrons. The molecule has 0 bridgehead atoms.